The summed E-state index contributed by atoms with van der Waals surface area (Å²) in [5, 5.41) is 23.5. The normalized spacial score (nSPS) is 12.7. The maximum atomic E-state index is 12.6. The molecule has 0 aromatic heterocycles. The van der Waals surface area contributed by atoms with Crippen molar-refractivity contribution in [3.63, 3.8) is 0 Å². The number of aliphatic hydroxyl groups excluding tert-OH is 2. The summed E-state index contributed by atoms with van der Waals surface area (Å²) >= 11 is 0. The lowest BCUT2D eigenvalue weighted by molar-refractivity contribution is -0.143. The van der Waals surface area contributed by atoms with E-state index in [0.717, 1.165) is 57.8 Å². The minimum absolute atomic E-state index is 0.00650. The van der Waals surface area contributed by atoms with Gasteiger partial charge in [-0.1, -0.05) is 396 Å². The molecule has 0 rings (SSSR count). The van der Waals surface area contributed by atoms with E-state index in [9.17, 15) is 19.8 Å². The van der Waals surface area contributed by atoms with Crippen molar-refractivity contribution in [3.05, 3.63) is 48.6 Å². The van der Waals surface area contributed by atoms with Crippen LogP contribution in [-0.4, -0.2) is 47.4 Å². The van der Waals surface area contributed by atoms with Crippen LogP contribution in [0, 0.1) is 0 Å². The molecular formula is C84H159NO5. The van der Waals surface area contributed by atoms with Gasteiger partial charge >= 0.3 is 5.97 Å². The highest BCUT2D eigenvalue weighted by molar-refractivity contribution is 5.76. The quantitative estimate of drug-likeness (QED) is 0.0320. The Morgan fingerprint density at radius 2 is 0.556 bits per heavy atom. The summed E-state index contributed by atoms with van der Waals surface area (Å²) < 4.78 is 5.50. The molecule has 0 fully saturated rings. The molecule has 0 radical (unpaired) electrons. The zero-order valence-electron chi connectivity index (χ0n) is 60.9. The van der Waals surface area contributed by atoms with Crippen LogP contribution in [-0.2, 0) is 14.3 Å². The van der Waals surface area contributed by atoms with Gasteiger partial charge in [0.15, 0.2) is 0 Å². The number of carbonyl (C=O) groups is 2. The molecule has 2 atom stereocenters. The molecule has 0 saturated heterocycles. The van der Waals surface area contributed by atoms with Gasteiger partial charge in [-0.15, -0.1) is 0 Å². The first-order valence-corrected chi connectivity index (χ1v) is 40.9. The molecule has 6 heteroatoms. The van der Waals surface area contributed by atoms with Crippen LogP contribution in [0.3, 0.4) is 0 Å². The fourth-order valence-corrected chi connectivity index (χ4v) is 12.9. The summed E-state index contributed by atoms with van der Waals surface area (Å²) in [6, 6.07) is -0.543. The Morgan fingerprint density at radius 3 is 0.856 bits per heavy atom. The van der Waals surface area contributed by atoms with E-state index in [1.54, 1.807) is 0 Å². The molecule has 530 valence electrons. The number of nitrogens with one attached hydrogen (secondary N) is 1. The third-order valence-electron chi connectivity index (χ3n) is 19.1. The zero-order valence-corrected chi connectivity index (χ0v) is 60.9. The maximum absolute atomic E-state index is 12.6. The topological polar surface area (TPSA) is 95.9 Å². The molecule has 6 nitrogen and oxygen atoms in total. The Morgan fingerprint density at radius 1 is 0.311 bits per heavy atom. The van der Waals surface area contributed by atoms with Gasteiger partial charge in [0, 0.05) is 12.8 Å². The first-order chi connectivity index (χ1) is 44.5. The minimum atomic E-state index is -0.666. The molecule has 3 N–H and O–H groups in total. The second-order valence-electron chi connectivity index (χ2n) is 28.1. The zero-order chi connectivity index (χ0) is 64.9. The molecule has 0 aromatic rings. The van der Waals surface area contributed by atoms with Gasteiger partial charge in [-0.2, -0.15) is 0 Å². The lowest BCUT2D eigenvalue weighted by atomic mass is 10.0. The molecule has 2 unspecified atom stereocenters. The molecule has 0 bridgehead atoms. The van der Waals surface area contributed by atoms with Gasteiger partial charge in [0.25, 0.3) is 0 Å². The molecular weight excluding hydrogens is 1100 g/mol. The van der Waals surface area contributed by atoms with Crippen molar-refractivity contribution in [1.82, 2.24) is 5.32 Å². The average molecular weight is 1260 g/mol. The minimum Gasteiger partial charge on any atom is -0.466 e. The van der Waals surface area contributed by atoms with Gasteiger partial charge < -0.3 is 20.3 Å². The van der Waals surface area contributed by atoms with Crippen LogP contribution < -0.4 is 5.32 Å². The maximum Gasteiger partial charge on any atom is 0.305 e. The first kappa shape index (κ1) is 87.8. The second-order valence-corrected chi connectivity index (χ2v) is 28.1. The van der Waals surface area contributed by atoms with Crippen LogP contribution in [0.15, 0.2) is 48.6 Å². The van der Waals surface area contributed by atoms with Crippen LogP contribution in [0.25, 0.3) is 0 Å². The number of aliphatic hydroxyl groups is 2. The standard InChI is InChI=1S/C84H159NO5/c1-3-5-7-9-11-13-15-17-19-21-23-24-25-35-38-41-44-48-52-56-60-64-68-72-76-82(87)81(80-86)85-83(88)77-73-69-65-61-57-53-49-45-42-39-36-33-31-29-27-26-28-30-32-34-37-40-43-47-51-55-59-63-67-71-75-79-90-84(89)78-74-70-66-62-58-54-50-46-22-20-18-16-14-12-10-8-6-4-2/h14,16,20,22,28,30,34,37,81-82,86-87H,3-13,15,17-19,21,23-27,29,31-33,35-36,38-80H2,1-2H3,(H,85,88)/b16-14-,22-20-,30-28-,37-34-. The van der Waals surface area contributed by atoms with E-state index in [-0.39, 0.29) is 18.5 Å². The predicted molar refractivity (Wildman–Crippen MR) is 398 cm³/mol. The van der Waals surface area contributed by atoms with E-state index in [1.165, 1.54) is 360 Å². The number of carbonyl (C=O) groups excluding carboxylic acids is 2. The van der Waals surface area contributed by atoms with Crippen LogP contribution in [0.4, 0.5) is 0 Å². The van der Waals surface area contributed by atoms with Crippen LogP contribution in [0.1, 0.15) is 450 Å². The van der Waals surface area contributed by atoms with Crippen LogP contribution in [0.5, 0.6) is 0 Å². The molecule has 0 spiro atoms. The average Bonchev–Trinajstić information content (AvgIpc) is 3.72. The highest BCUT2D eigenvalue weighted by Gasteiger charge is 2.20. The smallest absolute Gasteiger partial charge is 0.305 e. The number of hydrogen-bond donors (Lipinski definition) is 3. The fourth-order valence-electron chi connectivity index (χ4n) is 12.9. The Hall–Kier alpha value is -2.18. The Bertz CT molecular complexity index is 1500. The Labute approximate surface area is 563 Å². The predicted octanol–water partition coefficient (Wildman–Crippen LogP) is 27.2. The van der Waals surface area contributed by atoms with Crippen LogP contribution >= 0.6 is 0 Å². The molecule has 0 aliphatic heterocycles. The van der Waals surface area contributed by atoms with E-state index in [1.807, 2.05) is 0 Å². The number of allylic oxidation sites excluding steroid dienone is 8. The largest absolute Gasteiger partial charge is 0.466 e. The highest BCUT2D eigenvalue weighted by atomic mass is 16.5. The SMILES string of the molecule is CCCCCC/C=C\C/C=C\CCCCCCCCCC(=O)OCCCCCCCCCCC/C=C\C/C=C\CCCCCCCCCCCCCCCCCC(=O)NC(CO)C(O)CCCCCCCCCCCCCCCCCCCCCCCCCC. The van der Waals surface area contributed by atoms with Crippen LogP contribution in [0.2, 0.25) is 0 Å². The number of esters is 1. The van der Waals surface area contributed by atoms with E-state index in [4.69, 9.17) is 4.74 Å². The van der Waals surface area contributed by atoms with E-state index in [2.05, 4.69) is 67.8 Å². The summed E-state index contributed by atoms with van der Waals surface area (Å²) in [6.07, 6.45) is 105. The summed E-state index contributed by atoms with van der Waals surface area (Å²) in [4.78, 5) is 24.7. The third-order valence-corrected chi connectivity index (χ3v) is 19.1. The molecule has 90 heavy (non-hydrogen) atoms. The molecule has 0 aromatic carbocycles. The molecule has 1 amide bonds. The second kappa shape index (κ2) is 79.3. The molecule has 0 aliphatic rings. The summed E-state index contributed by atoms with van der Waals surface area (Å²) in [5.41, 5.74) is 0. The monoisotopic (exact) mass is 1260 g/mol. The molecule has 0 saturated carbocycles. The number of hydrogen-bond acceptors (Lipinski definition) is 5. The van der Waals surface area contributed by atoms with Crippen molar-refractivity contribution in [2.24, 2.45) is 0 Å². The lowest BCUT2D eigenvalue weighted by Gasteiger charge is -2.22. The van der Waals surface area contributed by atoms with Gasteiger partial charge in [-0.3, -0.25) is 9.59 Å². The van der Waals surface area contributed by atoms with Gasteiger partial charge in [0.1, 0.15) is 0 Å². The fraction of sp³-hybridized carbons (Fsp3) is 0.881. The van der Waals surface area contributed by atoms with Crippen molar-refractivity contribution >= 4 is 11.9 Å². The van der Waals surface area contributed by atoms with Crippen molar-refractivity contribution in [1.29, 1.82) is 0 Å². The van der Waals surface area contributed by atoms with Crippen molar-refractivity contribution in [2.45, 2.75) is 463 Å². The van der Waals surface area contributed by atoms with Crippen molar-refractivity contribution in [2.75, 3.05) is 13.2 Å². The van der Waals surface area contributed by atoms with E-state index < -0.39 is 12.1 Å². The molecule has 0 heterocycles. The van der Waals surface area contributed by atoms with Crippen molar-refractivity contribution in [3.8, 4) is 0 Å². The number of rotatable bonds is 77. The number of amides is 1. The Balaban J connectivity index is 3.39. The summed E-state index contributed by atoms with van der Waals surface area (Å²) in [6.45, 7) is 4.98. The third kappa shape index (κ3) is 74.9. The summed E-state index contributed by atoms with van der Waals surface area (Å²) in [7, 11) is 0. The van der Waals surface area contributed by atoms with Gasteiger partial charge in [0.2, 0.25) is 5.91 Å². The van der Waals surface area contributed by atoms with Gasteiger partial charge in [-0.05, 0) is 89.9 Å². The van der Waals surface area contributed by atoms with Gasteiger partial charge in [0.05, 0.1) is 25.4 Å². The molecule has 0 aliphatic carbocycles. The lowest BCUT2D eigenvalue weighted by Crippen LogP contribution is -2.45. The van der Waals surface area contributed by atoms with E-state index in [0.29, 0.717) is 25.9 Å². The highest BCUT2D eigenvalue weighted by Crippen LogP contribution is 2.20. The van der Waals surface area contributed by atoms with Gasteiger partial charge in [-0.25, -0.2) is 0 Å². The van der Waals surface area contributed by atoms with Crippen molar-refractivity contribution < 1.29 is 24.5 Å². The number of unbranched alkanes of at least 4 members (excludes halogenated alkanes) is 58. The first-order valence-electron chi connectivity index (χ1n) is 40.9. The number of ether oxygens (including phenoxy) is 1. The van der Waals surface area contributed by atoms with E-state index >= 15 is 0 Å². The Kier molecular flexibility index (Phi) is 77.3. The summed E-state index contributed by atoms with van der Waals surface area (Å²) in [5.74, 6) is -0.0228.